The average molecular weight is 151 g/mol. The third-order valence-electron chi connectivity index (χ3n) is 3.49. The first-order valence-electron chi connectivity index (χ1n) is 4.58. The zero-order chi connectivity index (χ0) is 7.95. The quantitative estimate of drug-likeness (QED) is 0.607. The largest absolute Gasteiger partial charge is 0.307 e. The molecule has 1 nitrogen and oxygen atoms in total. The smallest absolute Gasteiger partial charge is 0.0239 e. The predicted octanol–water partition coefficient (Wildman–Crippen LogP) is 2.09. The van der Waals surface area contributed by atoms with Crippen molar-refractivity contribution in [3.63, 3.8) is 0 Å². The molecule has 0 aliphatic heterocycles. The third kappa shape index (κ3) is 1.02. The van der Waals surface area contributed by atoms with Gasteiger partial charge >= 0.3 is 0 Å². The van der Waals surface area contributed by atoms with Crippen LogP contribution in [0.5, 0.6) is 0 Å². The van der Waals surface area contributed by atoms with Gasteiger partial charge in [-0.25, -0.2) is 0 Å². The molecule has 1 heteroatoms. The summed E-state index contributed by atoms with van der Waals surface area (Å²) in [6, 6.07) is 0. The summed E-state index contributed by atoms with van der Waals surface area (Å²) >= 11 is 0. The van der Waals surface area contributed by atoms with Crippen molar-refractivity contribution >= 4 is 0 Å². The van der Waals surface area contributed by atoms with Crippen molar-refractivity contribution in [2.24, 2.45) is 5.41 Å². The summed E-state index contributed by atoms with van der Waals surface area (Å²) in [6.07, 6.45) is 7.59. The molecule has 0 radical (unpaired) electrons. The van der Waals surface area contributed by atoms with Crippen LogP contribution in [0.1, 0.15) is 32.6 Å². The first kappa shape index (κ1) is 7.35. The Bertz CT molecular complexity index is 175. The van der Waals surface area contributed by atoms with Gasteiger partial charge in [-0.2, -0.15) is 0 Å². The minimum Gasteiger partial charge on any atom is -0.307 e. The summed E-state index contributed by atoms with van der Waals surface area (Å²) in [7, 11) is 0. The van der Waals surface area contributed by atoms with Gasteiger partial charge in [0.15, 0.2) is 0 Å². The highest BCUT2D eigenvalue weighted by Gasteiger charge is 2.61. The Kier molecular flexibility index (Phi) is 1.40. The van der Waals surface area contributed by atoms with Gasteiger partial charge < -0.3 is 5.32 Å². The lowest BCUT2D eigenvalue weighted by Crippen LogP contribution is -2.38. The van der Waals surface area contributed by atoms with E-state index in [1.807, 2.05) is 6.08 Å². The van der Waals surface area contributed by atoms with Crippen LogP contribution in [0, 0.1) is 5.41 Å². The molecule has 2 fully saturated rings. The normalized spacial score (nSPS) is 29.5. The molecule has 0 spiro atoms. The van der Waals surface area contributed by atoms with Crippen LogP contribution in [-0.4, -0.2) is 12.1 Å². The fourth-order valence-electron chi connectivity index (χ4n) is 2.05. The van der Waals surface area contributed by atoms with Crippen LogP contribution < -0.4 is 5.32 Å². The van der Waals surface area contributed by atoms with Gasteiger partial charge in [-0.15, -0.1) is 6.58 Å². The van der Waals surface area contributed by atoms with Gasteiger partial charge in [0, 0.05) is 12.1 Å². The minimum absolute atomic E-state index is 0.529. The van der Waals surface area contributed by atoms with E-state index in [1.54, 1.807) is 0 Å². The minimum atomic E-state index is 0.529. The molecule has 0 aromatic rings. The fraction of sp³-hybridized carbons (Fsp3) is 0.800. The van der Waals surface area contributed by atoms with Gasteiger partial charge in [0.25, 0.3) is 0 Å². The number of rotatable bonds is 4. The van der Waals surface area contributed by atoms with Crippen molar-refractivity contribution in [2.75, 3.05) is 6.54 Å². The second-order valence-electron chi connectivity index (χ2n) is 4.31. The molecule has 2 aliphatic carbocycles. The number of hydrogen-bond acceptors (Lipinski definition) is 1. The van der Waals surface area contributed by atoms with Gasteiger partial charge in [-0.05, 0) is 31.1 Å². The summed E-state index contributed by atoms with van der Waals surface area (Å²) in [4.78, 5) is 0. The number of nitrogens with one attached hydrogen (secondary N) is 1. The lowest BCUT2D eigenvalue weighted by atomic mass is 9.96. The lowest BCUT2D eigenvalue weighted by Gasteiger charge is -2.23. The molecule has 0 atom stereocenters. The first-order chi connectivity index (χ1) is 5.22. The Morgan fingerprint density at radius 1 is 1.36 bits per heavy atom. The van der Waals surface area contributed by atoms with E-state index in [0.29, 0.717) is 11.0 Å². The molecule has 11 heavy (non-hydrogen) atoms. The highest BCUT2D eigenvalue weighted by molar-refractivity contribution is 5.19. The highest BCUT2D eigenvalue weighted by Crippen LogP contribution is 2.63. The molecular formula is C10H17N. The van der Waals surface area contributed by atoms with Crippen molar-refractivity contribution < 1.29 is 0 Å². The standard InChI is InChI=1S/C10H17N/c1-3-8-11-10(6-7-10)9(2)4-5-9/h3,11H,1,4-8H2,2H3. The second kappa shape index (κ2) is 2.10. The molecule has 2 aliphatic rings. The Morgan fingerprint density at radius 2 is 2.00 bits per heavy atom. The monoisotopic (exact) mass is 151 g/mol. The van der Waals surface area contributed by atoms with E-state index in [1.165, 1.54) is 25.7 Å². The second-order valence-corrected chi connectivity index (χ2v) is 4.31. The van der Waals surface area contributed by atoms with Crippen LogP contribution in [-0.2, 0) is 0 Å². The Labute approximate surface area is 68.9 Å². The molecule has 0 aromatic carbocycles. The summed E-state index contributed by atoms with van der Waals surface area (Å²) in [5.74, 6) is 0. The van der Waals surface area contributed by atoms with E-state index >= 15 is 0 Å². The third-order valence-corrected chi connectivity index (χ3v) is 3.49. The van der Waals surface area contributed by atoms with Crippen LogP contribution in [0.3, 0.4) is 0 Å². The van der Waals surface area contributed by atoms with Gasteiger partial charge in [-0.1, -0.05) is 13.0 Å². The molecule has 62 valence electrons. The molecule has 0 unspecified atom stereocenters. The van der Waals surface area contributed by atoms with E-state index in [2.05, 4.69) is 18.8 Å². The molecular weight excluding hydrogens is 134 g/mol. The van der Waals surface area contributed by atoms with Crippen molar-refractivity contribution in [2.45, 2.75) is 38.1 Å². The van der Waals surface area contributed by atoms with Crippen molar-refractivity contribution in [1.82, 2.24) is 5.32 Å². The summed E-state index contributed by atoms with van der Waals surface area (Å²) in [5.41, 5.74) is 1.18. The van der Waals surface area contributed by atoms with E-state index in [4.69, 9.17) is 0 Å². The molecule has 0 saturated heterocycles. The topological polar surface area (TPSA) is 12.0 Å². The predicted molar refractivity (Wildman–Crippen MR) is 47.5 cm³/mol. The lowest BCUT2D eigenvalue weighted by molar-refractivity contribution is 0.346. The molecule has 0 bridgehead atoms. The van der Waals surface area contributed by atoms with E-state index in [0.717, 1.165) is 6.54 Å². The Morgan fingerprint density at radius 3 is 2.36 bits per heavy atom. The van der Waals surface area contributed by atoms with Gasteiger partial charge in [-0.3, -0.25) is 0 Å². The molecule has 2 rings (SSSR count). The molecule has 0 heterocycles. The SMILES string of the molecule is C=CCNC1(C2(C)CC2)CC1. The van der Waals surface area contributed by atoms with Crippen molar-refractivity contribution in [3.05, 3.63) is 12.7 Å². The summed E-state index contributed by atoms with van der Waals surface area (Å²) in [5, 5.41) is 3.60. The van der Waals surface area contributed by atoms with Crippen LogP contribution in [0.2, 0.25) is 0 Å². The average Bonchev–Trinajstić information content (AvgIpc) is 2.81. The Balaban J connectivity index is 1.94. The fourth-order valence-corrected chi connectivity index (χ4v) is 2.05. The highest BCUT2D eigenvalue weighted by atomic mass is 15.1. The maximum absolute atomic E-state index is 3.73. The van der Waals surface area contributed by atoms with E-state index in [-0.39, 0.29) is 0 Å². The van der Waals surface area contributed by atoms with Gasteiger partial charge in [0.2, 0.25) is 0 Å². The van der Waals surface area contributed by atoms with Crippen LogP contribution in [0.25, 0.3) is 0 Å². The maximum atomic E-state index is 3.73. The van der Waals surface area contributed by atoms with Crippen LogP contribution in [0.4, 0.5) is 0 Å². The molecule has 2 saturated carbocycles. The molecule has 0 aromatic heterocycles. The zero-order valence-electron chi connectivity index (χ0n) is 7.32. The summed E-state index contributed by atoms with van der Waals surface area (Å²) in [6.45, 7) is 7.13. The zero-order valence-corrected chi connectivity index (χ0v) is 7.32. The van der Waals surface area contributed by atoms with Crippen molar-refractivity contribution in [3.8, 4) is 0 Å². The molecule has 1 N–H and O–H groups in total. The van der Waals surface area contributed by atoms with Crippen LogP contribution >= 0.6 is 0 Å². The molecule has 0 amide bonds. The van der Waals surface area contributed by atoms with E-state index < -0.39 is 0 Å². The maximum Gasteiger partial charge on any atom is 0.0239 e. The number of hydrogen-bond donors (Lipinski definition) is 1. The van der Waals surface area contributed by atoms with E-state index in [9.17, 15) is 0 Å². The van der Waals surface area contributed by atoms with Gasteiger partial charge in [0.05, 0.1) is 0 Å². The first-order valence-corrected chi connectivity index (χ1v) is 4.58. The van der Waals surface area contributed by atoms with Crippen LogP contribution in [0.15, 0.2) is 12.7 Å². The van der Waals surface area contributed by atoms with Crippen molar-refractivity contribution in [1.29, 1.82) is 0 Å². The van der Waals surface area contributed by atoms with Gasteiger partial charge in [0.1, 0.15) is 0 Å². The Hall–Kier alpha value is -0.300. The summed E-state index contributed by atoms with van der Waals surface area (Å²) < 4.78 is 0.